The smallest absolute Gasteiger partial charge is 0.273 e. The lowest BCUT2D eigenvalue weighted by Gasteiger charge is -2.14. The first-order valence-electron chi connectivity index (χ1n) is 7.80. The predicted octanol–water partition coefficient (Wildman–Crippen LogP) is 3.58. The highest BCUT2D eigenvalue weighted by molar-refractivity contribution is 7.99. The van der Waals surface area contributed by atoms with E-state index in [2.05, 4.69) is 10.3 Å². The molecule has 0 aliphatic carbocycles. The second kappa shape index (κ2) is 9.27. The fraction of sp³-hybridized carbons (Fsp3) is 0.353. The third kappa shape index (κ3) is 5.76. The second-order valence-corrected chi connectivity index (χ2v) is 7.38. The van der Waals surface area contributed by atoms with Crippen molar-refractivity contribution in [2.45, 2.75) is 31.5 Å². The Morgan fingerprint density at radius 1 is 1.32 bits per heavy atom. The molecule has 0 bridgehead atoms. The van der Waals surface area contributed by atoms with Gasteiger partial charge in [-0.1, -0.05) is 47.1 Å². The molecule has 1 aromatic carbocycles. The van der Waals surface area contributed by atoms with Crippen LogP contribution in [0.3, 0.4) is 0 Å². The van der Waals surface area contributed by atoms with Gasteiger partial charge in [0.2, 0.25) is 5.91 Å². The molecule has 1 heterocycles. The summed E-state index contributed by atoms with van der Waals surface area (Å²) in [7, 11) is 0. The van der Waals surface area contributed by atoms with Crippen LogP contribution in [-0.2, 0) is 11.2 Å². The summed E-state index contributed by atoms with van der Waals surface area (Å²) in [5.41, 5.74) is 0.580. The summed E-state index contributed by atoms with van der Waals surface area (Å²) >= 11 is 13.3. The topological polar surface area (TPSA) is 64.0 Å². The van der Waals surface area contributed by atoms with E-state index >= 15 is 0 Å². The minimum atomic E-state index is -0.310. The molecule has 1 aromatic heterocycles. The highest BCUT2D eigenvalue weighted by Gasteiger charge is 2.10. The van der Waals surface area contributed by atoms with Crippen LogP contribution in [0.25, 0.3) is 0 Å². The molecule has 8 heteroatoms. The Morgan fingerprint density at radius 2 is 2.08 bits per heavy atom. The Labute approximate surface area is 160 Å². The maximum atomic E-state index is 12.0. The largest absolute Gasteiger partial charge is 0.355 e. The van der Waals surface area contributed by atoms with E-state index in [0.717, 1.165) is 5.56 Å². The number of amides is 1. The van der Waals surface area contributed by atoms with E-state index in [1.165, 1.54) is 17.8 Å². The van der Waals surface area contributed by atoms with Gasteiger partial charge in [0, 0.05) is 24.8 Å². The summed E-state index contributed by atoms with van der Waals surface area (Å²) in [6.45, 7) is 4.44. The molecule has 0 aliphatic heterocycles. The van der Waals surface area contributed by atoms with E-state index in [-0.39, 0.29) is 23.3 Å². The SMILES string of the molecule is CC(C)n1ccc(=O)nc1SCC(=O)NCCc1cccc(Cl)c1Cl. The fourth-order valence-electron chi connectivity index (χ4n) is 2.16. The van der Waals surface area contributed by atoms with Gasteiger partial charge in [0.25, 0.3) is 5.56 Å². The van der Waals surface area contributed by atoms with Crippen molar-refractivity contribution in [3.05, 3.63) is 56.4 Å². The highest BCUT2D eigenvalue weighted by atomic mass is 35.5. The molecule has 0 aliphatic rings. The van der Waals surface area contributed by atoms with Crippen LogP contribution >= 0.6 is 35.0 Å². The molecule has 0 saturated carbocycles. The molecule has 0 unspecified atom stereocenters. The Kier molecular flexibility index (Phi) is 7.35. The zero-order valence-electron chi connectivity index (χ0n) is 14.0. The zero-order valence-corrected chi connectivity index (χ0v) is 16.3. The Balaban J connectivity index is 1.86. The number of hydrogen-bond acceptors (Lipinski definition) is 4. The number of aromatic nitrogens is 2. The van der Waals surface area contributed by atoms with Crippen molar-refractivity contribution < 1.29 is 4.79 Å². The monoisotopic (exact) mass is 399 g/mol. The second-order valence-electron chi connectivity index (χ2n) is 5.65. The summed E-state index contributed by atoms with van der Waals surface area (Å²) in [4.78, 5) is 27.4. The van der Waals surface area contributed by atoms with Crippen LogP contribution in [0.1, 0.15) is 25.5 Å². The quantitative estimate of drug-likeness (QED) is 0.570. The zero-order chi connectivity index (χ0) is 18.4. The van der Waals surface area contributed by atoms with E-state index in [1.807, 2.05) is 30.5 Å². The van der Waals surface area contributed by atoms with Gasteiger partial charge in [-0.25, -0.2) is 0 Å². The van der Waals surface area contributed by atoms with Gasteiger partial charge >= 0.3 is 0 Å². The van der Waals surface area contributed by atoms with E-state index in [0.29, 0.717) is 28.2 Å². The van der Waals surface area contributed by atoms with Crippen LogP contribution in [0.15, 0.2) is 40.4 Å². The molecular weight excluding hydrogens is 381 g/mol. The number of halogens is 2. The van der Waals surface area contributed by atoms with Gasteiger partial charge in [0.05, 0.1) is 15.8 Å². The maximum absolute atomic E-state index is 12.0. The number of nitrogens with zero attached hydrogens (tertiary/aromatic N) is 2. The fourth-order valence-corrected chi connectivity index (χ4v) is 3.51. The predicted molar refractivity (Wildman–Crippen MR) is 103 cm³/mol. The number of rotatable bonds is 7. The van der Waals surface area contributed by atoms with Crippen LogP contribution in [0.5, 0.6) is 0 Å². The van der Waals surface area contributed by atoms with Gasteiger partial charge in [-0.2, -0.15) is 4.98 Å². The number of carbonyl (C=O) groups excluding carboxylic acids is 1. The molecule has 134 valence electrons. The van der Waals surface area contributed by atoms with Crippen molar-refractivity contribution in [2.24, 2.45) is 0 Å². The Bertz CT molecular complexity index is 809. The molecule has 0 spiro atoms. The molecular formula is C17H19Cl2N3O2S. The summed E-state index contributed by atoms with van der Waals surface area (Å²) in [6, 6.07) is 7.00. The minimum absolute atomic E-state index is 0.128. The van der Waals surface area contributed by atoms with Crippen molar-refractivity contribution >= 4 is 40.9 Å². The third-order valence-electron chi connectivity index (χ3n) is 3.44. The first-order chi connectivity index (χ1) is 11.9. The van der Waals surface area contributed by atoms with Crippen molar-refractivity contribution in [3.63, 3.8) is 0 Å². The molecule has 1 N–H and O–H groups in total. The number of benzene rings is 1. The van der Waals surface area contributed by atoms with Crippen LogP contribution in [0, 0.1) is 0 Å². The van der Waals surface area contributed by atoms with Crippen molar-refractivity contribution in [1.29, 1.82) is 0 Å². The molecule has 0 fully saturated rings. The van der Waals surface area contributed by atoms with Gasteiger partial charge in [-0.05, 0) is 31.9 Å². The molecule has 5 nitrogen and oxygen atoms in total. The van der Waals surface area contributed by atoms with Gasteiger partial charge in [-0.15, -0.1) is 0 Å². The lowest BCUT2D eigenvalue weighted by Crippen LogP contribution is -2.28. The van der Waals surface area contributed by atoms with Crippen LogP contribution < -0.4 is 10.9 Å². The van der Waals surface area contributed by atoms with E-state index in [9.17, 15) is 9.59 Å². The van der Waals surface area contributed by atoms with Crippen molar-refractivity contribution in [2.75, 3.05) is 12.3 Å². The van der Waals surface area contributed by atoms with Gasteiger partial charge < -0.3 is 9.88 Å². The molecule has 2 aromatic rings. The standard InChI is InChI=1S/C17H19Cl2N3O2S/c1-11(2)22-9-7-14(23)21-17(22)25-10-15(24)20-8-6-12-4-3-5-13(18)16(12)19/h3-5,7,9,11H,6,8,10H2,1-2H3,(H,20,24). The average Bonchev–Trinajstić information content (AvgIpc) is 2.56. The summed E-state index contributed by atoms with van der Waals surface area (Å²) < 4.78 is 1.87. The Hall–Kier alpha value is -1.50. The van der Waals surface area contributed by atoms with Crippen molar-refractivity contribution in [1.82, 2.24) is 14.9 Å². The van der Waals surface area contributed by atoms with Gasteiger partial charge in [-0.3, -0.25) is 9.59 Å². The molecule has 25 heavy (non-hydrogen) atoms. The van der Waals surface area contributed by atoms with E-state index in [1.54, 1.807) is 12.3 Å². The molecule has 0 saturated heterocycles. The number of hydrogen-bond donors (Lipinski definition) is 1. The van der Waals surface area contributed by atoms with E-state index in [4.69, 9.17) is 23.2 Å². The lowest BCUT2D eigenvalue weighted by atomic mass is 10.1. The summed E-state index contributed by atoms with van der Waals surface area (Å²) in [5.74, 6) is 0.0588. The van der Waals surface area contributed by atoms with Crippen LogP contribution in [-0.4, -0.2) is 27.8 Å². The van der Waals surface area contributed by atoms with Gasteiger partial charge in [0.1, 0.15) is 0 Å². The first kappa shape index (κ1) is 19.8. The number of thioether (sulfide) groups is 1. The maximum Gasteiger partial charge on any atom is 0.273 e. The molecule has 2 rings (SSSR count). The Morgan fingerprint density at radius 3 is 2.80 bits per heavy atom. The first-order valence-corrected chi connectivity index (χ1v) is 9.54. The molecule has 0 atom stereocenters. The highest BCUT2D eigenvalue weighted by Crippen LogP contribution is 2.25. The van der Waals surface area contributed by atoms with Crippen LogP contribution in [0.2, 0.25) is 10.0 Å². The number of carbonyl (C=O) groups is 1. The normalized spacial score (nSPS) is 10.9. The number of nitrogens with one attached hydrogen (secondary N) is 1. The molecule has 1 amide bonds. The summed E-state index contributed by atoms with van der Waals surface area (Å²) in [5, 5.41) is 4.39. The van der Waals surface area contributed by atoms with E-state index < -0.39 is 0 Å². The minimum Gasteiger partial charge on any atom is -0.355 e. The van der Waals surface area contributed by atoms with Crippen molar-refractivity contribution in [3.8, 4) is 0 Å². The summed E-state index contributed by atoms with van der Waals surface area (Å²) in [6.07, 6.45) is 2.29. The van der Waals surface area contributed by atoms with Crippen LogP contribution in [0.4, 0.5) is 0 Å². The average molecular weight is 400 g/mol. The van der Waals surface area contributed by atoms with Gasteiger partial charge in [0.15, 0.2) is 5.16 Å². The molecule has 0 radical (unpaired) electrons. The lowest BCUT2D eigenvalue weighted by molar-refractivity contribution is -0.118. The third-order valence-corrected chi connectivity index (χ3v) is 5.27.